The van der Waals surface area contributed by atoms with Gasteiger partial charge in [0.2, 0.25) is 5.91 Å². The highest BCUT2D eigenvalue weighted by Crippen LogP contribution is 2.13. The van der Waals surface area contributed by atoms with Crippen LogP contribution in [0.5, 0.6) is 0 Å². The number of amides is 1. The number of pyridine rings is 1. The first kappa shape index (κ1) is 18.4. The molecule has 0 saturated carbocycles. The molecule has 0 radical (unpaired) electrons. The predicted molar refractivity (Wildman–Crippen MR) is 95.9 cm³/mol. The second kappa shape index (κ2) is 9.37. The van der Waals surface area contributed by atoms with Crippen molar-refractivity contribution in [1.29, 1.82) is 0 Å². The Morgan fingerprint density at radius 1 is 1.33 bits per heavy atom. The van der Waals surface area contributed by atoms with E-state index in [-0.39, 0.29) is 12.5 Å². The third-order valence-electron chi connectivity index (χ3n) is 3.56. The normalized spacial score (nSPS) is 12.2. The number of hydrogen-bond acceptors (Lipinski definition) is 4. The number of hydrogen-bond donors (Lipinski definition) is 2. The molecule has 1 aromatic heterocycles. The molecule has 0 unspecified atom stereocenters. The summed E-state index contributed by atoms with van der Waals surface area (Å²) in [6, 6.07) is 10.8. The Morgan fingerprint density at radius 2 is 2.08 bits per heavy atom. The lowest BCUT2D eigenvalue weighted by atomic mass is 10.2. The number of aliphatic hydroxyl groups is 1. The van der Waals surface area contributed by atoms with Crippen molar-refractivity contribution in [2.45, 2.75) is 26.0 Å². The molecule has 5 nitrogen and oxygen atoms in total. The van der Waals surface area contributed by atoms with Crippen LogP contribution in [0.15, 0.2) is 48.8 Å². The summed E-state index contributed by atoms with van der Waals surface area (Å²) in [5, 5.41) is 13.4. The monoisotopic (exact) mass is 347 g/mol. The zero-order valence-electron chi connectivity index (χ0n) is 13.7. The first-order valence-corrected chi connectivity index (χ1v) is 8.29. The average Bonchev–Trinajstić information content (AvgIpc) is 2.57. The van der Waals surface area contributed by atoms with Gasteiger partial charge in [0.1, 0.15) is 0 Å². The minimum absolute atomic E-state index is 0.135. The third-order valence-corrected chi connectivity index (χ3v) is 3.82. The molecule has 6 heteroatoms. The number of halogens is 1. The second-order valence-corrected chi connectivity index (χ2v) is 6.08. The molecule has 2 N–H and O–H groups in total. The molecular formula is C18H22ClN3O2. The van der Waals surface area contributed by atoms with Gasteiger partial charge in [0.25, 0.3) is 0 Å². The Hall–Kier alpha value is -1.95. The highest BCUT2D eigenvalue weighted by atomic mass is 35.5. The number of carbonyl (C=O) groups is 1. The number of carbonyl (C=O) groups excluding carboxylic acids is 1. The van der Waals surface area contributed by atoms with Crippen molar-refractivity contribution in [3.63, 3.8) is 0 Å². The largest absolute Gasteiger partial charge is 0.392 e. The van der Waals surface area contributed by atoms with Crippen LogP contribution in [-0.4, -0.2) is 40.1 Å². The van der Waals surface area contributed by atoms with Gasteiger partial charge in [0.05, 0.1) is 12.6 Å². The molecular weight excluding hydrogens is 326 g/mol. The smallest absolute Gasteiger partial charge is 0.238 e. The van der Waals surface area contributed by atoms with Crippen molar-refractivity contribution in [3.8, 4) is 0 Å². The van der Waals surface area contributed by atoms with Gasteiger partial charge in [0, 0.05) is 36.2 Å². The summed E-state index contributed by atoms with van der Waals surface area (Å²) in [7, 11) is 0. The first-order valence-electron chi connectivity index (χ1n) is 7.91. The molecule has 2 aromatic rings. The van der Waals surface area contributed by atoms with Crippen LogP contribution in [0.1, 0.15) is 18.9 Å². The van der Waals surface area contributed by atoms with Crippen molar-refractivity contribution < 1.29 is 9.90 Å². The van der Waals surface area contributed by atoms with Crippen LogP contribution in [-0.2, 0) is 11.3 Å². The standard InChI is InChI=1S/C18H22ClN3O2/c1-2-17(23)12-22(11-14-4-3-9-20-10-14)13-18(24)21-16-7-5-15(19)6-8-16/h3-10,17,23H,2,11-13H2,1H3,(H,21,24)/t17-/m1/s1. The van der Waals surface area contributed by atoms with E-state index in [1.54, 1.807) is 36.7 Å². The van der Waals surface area contributed by atoms with Crippen molar-refractivity contribution in [2.24, 2.45) is 0 Å². The fraction of sp³-hybridized carbons (Fsp3) is 0.333. The Labute approximate surface area is 147 Å². The van der Waals surface area contributed by atoms with Gasteiger partial charge in [-0.3, -0.25) is 14.7 Å². The maximum absolute atomic E-state index is 12.3. The molecule has 0 bridgehead atoms. The number of nitrogens with zero attached hydrogens (tertiary/aromatic N) is 2. The zero-order valence-corrected chi connectivity index (χ0v) is 14.4. The van der Waals surface area contributed by atoms with Gasteiger partial charge in [-0.25, -0.2) is 0 Å². The molecule has 1 atom stereocenters. The summed E-state index contributed by atoms with van der Waals surface area (Å²) < 4.78 is 0. The van der Waals surface area contributed by atoms with E-state index in [0.29, 0.717) is 30.2 Å². The van der Waals surface area contributed by atoms with Crippen LogP contribution in [0.4, 0.5) is 5.69 Å². The molecule has 1 aromatic carbocycles. The second-order valence-electron chi connectivity index (χ2n) is 5.65. The summed E-state index contributed by atoms with van der Waals surface area (Å²) in [5.41, 5.74) is 1.70. The van der Waals surface area contributed by atoms with Crippen molar-refractivity contribution in [3.05, 3.63) is 59.4 Å². The molecule has 1 heterocycles. The first-order chi connectivity index (χ1) is 11.6. The maximum Gasteiger partial charge on any atom is 0.238 e. The molecule has 0 spiro atoms. The summed E-state index contributed by atoms with van der Waals surface area (Å²) in [5.74, 6) is -0.135. The molecule has 0 fully saturated rings. The Morgan fingerprint density at radius 3 is 2.71 bits per heavy atom. The van der Waals surface area contributed by atoms with Crippen LogP contribution in [0.25, 0.3) is 0 Å². The van der Waals surface area contributed by atoms with Crippen LogP contribution in [0.2, 0.25) is 5.02 Å². The van der Waals surface area contributed by atoms with Crippen LogP contribution >= 0.6 is 11.6 Å². The van der Waals surface area contributed by atoms with E-state index in [2.05, 4.69) is 10.3 Å². The molecule has 1 amide bonds. The predicted octanol–water partition coefficient (Wildman–Crippen LogP) is 2.95. The van der Waals surface area contributed by atoms with E-state index >= 15 is 0 Å². The SMILES string of the molecule is CC[C@@H](O)CN(CC(=O)Nc1ccc(Cl)cc1)Cc1cccnc1. The lowest BCUT2D eigenvalue weighted by molar-refractivity contribution is -0.117. The lowest BCUT2D eigenvalue weighted by Gasteiger charge is -2.24. The van der Waals surface area contributed by atoms with Crippen LogP contribution in [0.3, 0.4) is 0 Å². The summed E-state index contributed by atoms with van der Waals surface area (Å²) >= 11 is 5.84. The van der Waals surface area contributed by atoms with Crippen molar-refractivity contribution in [1.82, 2.24) is 9.88 Å². The fourth-order valence-electron chi connectivity index (χ4n) is 2.30. The van der Waals surface area contributed by atoms with E-state index < -0.39 is 6.10 Å². The molecule has 0 saturated heterocycles. The maximum atomic E-state index is 12.3. The molecule has 128 valence electrons. The molecule has 0 aliphatic heterocycles. The molecule has 2 rings (SSSR count). The minimum atomic E-state index is -0.468. The average molecular weight is 348 g/mol. The Balaban J connectivity index is 1.98. The summed E-state index contributed by atoms with van der Waals surface area (Å²) in [6.07, 6.45) is 3.65. The van der Waals surface area contributed by atoms with Crippen molar-refractivity contribution >= 4 is 23.2 Å². The number of benzene rings is 1. The summed E-state index contributed by atoms with van der Waals surface area (Å²) in [4.78, 5) is 18.3. The van der Waals surface area contributed by atoms with Gasteiger partial charge < -0.3 is 10.4 Å². The number of rotatable bonds is 8. The van der Waals surface area contributed by atoms with Crippen LogP contribution in [0, 0.1) is 0 Å². The molecule has 24 heavy (non-hydrogen) atoms. The number of nitrogens with one attached hydrogen (secondary N) is 1. The van der Waals surface area contributed by atoms with E-state index in [4.69, 9.17) is 11.6 Å². The van der Waals surface area contributed by atoms with Gasteiger partial charge in [0.15, 0.2) is 0 Å². The van der Waals surface area contributed by atoms with Crippen molar-refractivity contribution in [2.75, 3.05) is 18.4 Å². The van der Waals surface area contributed by atoms with E-state index in [9.17, 15) is 9.90 Å². The van der Waals surface area contributed by atoms with Gasteiger partial charge in [-0.05, 0) is 42.3 Å². The fourth-order valence-corrected chi connectivity index (χ4v) is 2.42. The zero-order chi connectivity index (χ0) is 17.4. The number of anilines is 1. The Kier molecular flexibility index (Phi) is 7.18. The van der Waals surface area contributed by atoms with Gasteiger partial charge in [-0.2, -0.15) is 0 Å². The lowest BCUT2D eigenvalue weighted by Crippen LogP contribution is -2.37. The number of aromatic nitrogens is 1. The third kappa shape index (κ3) is 6.28. The minimum Gasteiger partial charge on any atom is -0.392 e. The molecule has 0 aliphatic rings. The van der Waals surface area contributed by atoms with Gasteiger partial charge in [-0.15, -0.1) is 0 Å². The highest BCUT2D eigenvalue weighted by Gasteiger charge is 2.15. The van der Waals surface area contributed by atoms with Crippen LogP contribution < -0.4 is 5.32 Å². The Bertz CT molecular complexity index is 634. The van der Waals surface area contributed by atoms with Gasteiger partial charge in [-0.1, -0.05) is 24.6 Å². The quantitative estimate of drug-likeness (QED) is 0.770. The topological polar surface area (TPSA) is 65.5 Å². The van der Waals surface area contributed by atoms with E-state index in [0.717, 1.165) is 5.56 Å². The highest BCUT2D eigenvalue weighted by molar-refractivity contribution is 6.30. The molecule has 0 aliphatic carbocycles. The van der Waals surface area contributed by atoms with Gasteiger partial charge >= 0.3 is 0 Å². The summed E-state index contributed by atoms with van der Waals surface area (Å²) in [6.45, 7) is 3.09. The van der Waals surface area contributed by atoms with E-state index in [1.807, 2.05) is 24.0 Å². The van der Waals surface area contributed by atoms with E-state index in [1.165, 1.54) is 0 Å². The number of aliphatic hydroxyl groups excluding tert-OH is 1.